The standard InChI is InChI=1S/C23H21F3N2O/c24-23(25,26)29-17-11-5-14(6-12-17)13-27-22-20(15-7-8-15)18-3-1-2-4-19(18)21(28-22)16-9-10-16/h1-6,11-12,15-16H,7-10,13H2,(H,27,28). The van der Waals surface area contributed by atoms with Crippen LogP contribution in [0.3, 0.4) is 0 Å². The SMILES string of the molecule is FC(F)(F)Oc1ccc(CNc2nc(C3CC3)c3ccccc3c2C2CC2)cc1. The third kappa shape index (κ3) is 4.02. The molecule has 29 heavy (non-hydrogen) atoms. The smallest absolute Gasteiger partial charge is 0.406 e. The zero-order valence-corrected chi connectivity index (χ0v) is 15.8. The summed E-state index contributed by atoms with van der Waals surface area (Å²) in [7, 11) is 0. The van der Waals surface area contributed by atoms with Gasteiger partial charge >= 0.3 is 6.36 Å². The van der Waals surface area contributed by atoms with Crippen molar-refractivity contribution in [3.8, 4) is 5.75 Å². The predicted octanol–water partition coefficient (Wildman–Crippen LogP) is 6.50. The Morgan fingerprint density at radius 3 is 2.17 bits per heavy atom. The molecule has 0 bridgehead atoms. The molecule has 1 heterocycles. The summed E-state index contributed by atoms with van der Waals surface area (Å²) in [6.45, 7) is 0.501. The first-order valence-corrected chi connectivity index (χ1v) is 9.99. The zero-order valence-electron chi connectivity index (χ0n) is 15.8. The van der Waals surface area contributed by atoms with Gasteiger partial charge in [-0.3, -0.25) is 0 Å². The first-order valence-electron chi connectivity index (χ1n) is 9.99. The van der Waals surface area contributed by atoms with Gasteiger partial charge in [0.2, 0.25) is 0 Å². The van der Waals surface area contributed by atoms with E-state index in [0.717, 1.165) is 11.4 Å². The second-order valence-electron chi connectivity index (χ2n) is 7.90. The minimum atomic E-state index is -4.67. The molecule has 3 nitrogen and oxygen atoms in total. The van der Waals surface area contributed by atoms with E-state index < -0.39 is 6.36 Å². The molecule has 3 aromatic rings. The number of hydrogen-bond acceptors (Lipinski definition) is 3. The molecule has 0 atom stereocenters. The average Bonchev–Trinajstić information content (AvgIpc) is 3.59. The summed E-state index contributed by atoms with van der Waals surface area (Å²) in [4.78, 5) is 5.02. The van der Waals surface area contributed by atoms with Gasteiger partial charge in [-0.1, -0.05) is 36.4 Å². The highest BCUT2D eigenvalue weighted by atomic mass is 19.4. The van der Waals surface area contributed by atoms with Crippen molar-refractivity contribution in [3.63, 3.8) is 0 Å². The Bertz CT molecular complexity index is 1040. The average molecular weight is 398 g/mol. The van der Waals surface area contributed by atoms with Crippen molar-refractivity contribution in [3.05, 3.63) is 65.4 Å². The van der Waals surface area contributed by atoms with Crippen LogP contribution < -0.4 is 10.1 Å². The van der Waals surface area contributed by atoms with Crippen molar-refractivity contribution in [2.24, 2.45) is 0 Å². The summed E-state index contributed by atoms with van der Waals surface area (Å²) in [5, 5.41) is 6.00. The quantitative estimate of drug-likeness (QED) is 0.515. The third-order valence-corrected chi connectivity index (χ3v) is 5.55. The summed E-state index contributed by atoms with van der Waals surface area (Å²) in [6, 6.07) is 14.5. The van der Waals surface area contributed by atoms with E-state index in [1.165, 1.54) is 59.8 Å². The van der Waals surface area contributed by atoms with Crippen molar-refractivity contribution >= 4 is 16.6 Å². The third-order valence-electron chi connectivity index (χ3n) is 5.55. The number of nitrogens with one attached hydrogen (secondary N) is 1. The van der Waals surface area contributed by atoms with E-state index in [-0.39, 0.29) is 5.75 Å². The van der Waals surface area contributed by atoms with E-state index in [2.05, 4.69) is 34.3 Å². The molecule has 0 aliphatic heterocycles. The van der Waals surface area contributed by atoms with Crippen LogP contribution in [0.4, 0.5) is 19.0 Å². The highest BCUT2D eigenvalue weighted by molar-refractivity contribution is 5.92. The Labute approximate surface area is 166 Å². The van der Waals surface area contributed by atoms with Gasteiger partial charge in [0.05, 0.1) is 5.69 Å². The van der Waals surface area contributed by atoms with E-state index in [1.807, 2.05) is 0 Å². The molecule has 0 spiro atoms. The summed E-state index contributed by atoms with van der Waals surface area (Å²) in [5.74, 6) is 1.78. The van der Waals surface area contributed by atoms with Gasteiger partial charge in [0.25, 0.3) is 0 Å². The number of rotatable bonds is 6. The summed E-state index contributed by atoms with van der Waals surface area (Å²) < 4.78 is 40.9. The predicted molar refractivity (Wildman–Crippen MR) is 106 cm³/mol. The molecule has 2 aliphatic rings. The second-order valence-corrected chi connectivity index (χ2v) is 7.90. The van der Waals surface area contributed by atoms with Gasteiger partial charge < -0.3 is 10.1 Å². The Kier molecular flexibility index (Phi) is 4.37. The van der Waals surface area contributed by atoms with Gasteiger partial charge in [0, 0.05) is 23.4 Å². The van der Waals surface area contributed by atoms with E-state index in [1.54, 1.807) is 12.1 Å². The molecule has 2 aliphatic carbocycles. The summed E-state index contributed by atoms with van der Waals surface area (Å²) in [6.07, 6.45) is 0.0339. The highest BCUT2D eigenvalue weighted by Crippen LogP contribution is 2.49. The molecule has 1 N–H and O–H groups in total. The Balaban J connectivity index is 1.42. The molecule has 2 aromatic carbocycles. The molecule has 0 amide bonds. The number of halogens is 3. The largest absolute Gasteiger partial charge is 0.573 e. The maximum absolute atomic E-state index is 12.3. The molecular weight excluding hydrogens is 377 g/mol. The lowest BCUT2D eigenvalue weighted by Gasteiger charge is -2.17. The first kappa shape index (κ1) is 18.3. The zero-order chi connectivity index (χ0) is 20.0. The van der Waals surface area contributed by atoms with E-state index in [4.69, 9.17) is 4.98 Å². The molecule has 0 saturated heterocycles. The van der Waals surface area contributed by atoms with Gasteiger partial charge in [-0.05, 0) is 54.7 Å². The van der Waals surface area contributed by atoms with E-state index in [9.17, 15) is 13.2 Å². The van der Waals surface area contributed by atoms with Crippen LogP contribution in [0.1, 0.15) is 54.3 Å². The number of alkyl halides is 3. The van der Waals surface area contributed by atoms with Crippen LogP contribution in [0.25, 0.3) is 10.8 Å². The van der Waals surface area contributed by atoms with Crippen LogP contribution in [0, 0.1) is 0 Å². The highest BCUT2D eigenvalue weighted by Gasteiger charge is 2.33. The van der Waals surface area contributed by atoms with Crippen LogP contribution in [0.2, 0.25) is 0 Å². The van der Waals surface area contributed by atoms with Crippen molar-refractivity contribution in [2.45, 2.75) is 50.4 Å². The van der Waals surface area contributed by atoms with Crippen molar-refractivity contribution in [1.82, 2.24) is 4.98 Å². The molecule has 0 unspecified atom stereocenters. The summed E-state index contributed by atoms with van der Waals surface area (Å²) in [5.41, 5.74) is 3.33. The fraction of sp³-hybridized carbons (Fsp3) is 0.348. The van der Waals surface area contributed by atoms with Crippen LogP contribution in [-0.4, -0.2) is 11.3 Å². The van der Waals surface area contributed by atoms with Gasteiger partial charge in [0.15, 0.2) is 0 Å². The minimum absolute atomic E-state index is 0.209. The van der Waals surface area contributed by atoms with Crippen LogP contribution in [-0.2, 0) is 6.54 Å². The Morgan fingerprint density at radius 2 is 1.55 bits per heavy atom. The maximum atomic E-state index is 12.3. The molecule has 150 valence electrons. The lowest BCUT2D eigenvalue weighted by Crippen LogP contribution is -2.17. The van der Waals surface area contributed by atoms with Crippen LogP contribution in [0.15, 0.2) is 48.5 Å². The normalized spacial score (nSPS) is 16.8. The fourth-order valence-electron chi connectivity index (χ4n) is 3.89. The molecule has 5 rings (SSSR count). The number of aromatic nitrogens is 1. The number of nitrogens with zero attached hydrogens (tertiary/aromatic N) is 1. The number of pyridine rings is 1. The second kappa shape index (κ2) is 6.94. The number of anilines is 1. The molecule has 6 heteroatoms. The summed E-state index contributed by atoms with van der Waals surface area (Å²) >= 11 is 0. The van der Waals surface area contributed by atoms with E-state index in [0.29, 0.717) is 18.4 Å². The van der Waals surface area contributed by atoms with Crippen LogP contribution >= 0.6 is 0 Å². The molecular formula is C23H21F3N2O. The number of hydrogen-bond donors (Lipinski definition) is 1. The van der Waals surface area contributed by atoms with Crippen molar-refractivity contribution < 1.29 is 17.9 Å². The lowest BCUT2D eigenvalue weighted by molar-refractivity contribution is -0.274. The van der Waals surface area contributed by atoms with Crippen molar-refractivity contribution in [2.75, 3.05) is 5.32 Å². The maximum Gasteiger partial charge on any atom is 0.573 e. The lowest BCUT2D eigenvalue weighted by atomic mass is 9.99. The minimum Gasteiger partial charge on any atom is -0.406 e. The number of ether oxygens (including phenoxy) is 1. The first-order chi connectivity index (χ1) is 14.0. The molecule has 0 radical (unpaired) electrons. The Morgan fingerprint density at radius 1 is 0.897 bits per heavy atom. The molecule has 2 saturated carbocycles. The monoisotopic (exact) mass is 398 g/mol. The van der Waals surface area contributed by atoms with Gasteiger partial charge in [-0.2, -0.15) is 0 Å². The molecule has 1 aromatic heterocycles. The van der Waals surface area contributed by atoms with Crippen molar-refractivity contribution in [1.29, 1.82) is 0 Å². The topological polar surface area (TPSA) is 34.1 Å². The van der Waals surface area contributed by atoms with E-state index >= 15 is 0 Å². The van der Waals surface area contributed by atoms with Gasteiger partial charge in [0.1, 0.15) is 11.6 Å². The number of benzene rings is 2. The molecule has 2 fully saturated rings. The van der Waals surface area contributed by atoms with Gasteiger partial charge in [-0.15, -0.1) is 13.2 Å². The number of fused-ring (bicyclic) bond motifs is 1. The Hall–Kier alpha value is -2.76. The van der Waals surface area contributed by atoms with Gasteiger partial charge in [-0.25, -0.2) is 4.98 Å². The fourth-order valence-corrected chi connectivity index (χ4v) is 3.89. The van der Waals surface area contributed by atoms with Crippen LogP contribution in [0.5, 0.6) is 5.75 Å².